The topological polar surface area (TPSA) is 47.3 Å². The Morgan fingerprint density at radius 3 is 2.76 bits per heavy atom. The predicted octanol–water partition coefficient (Wildman–Crippen LogP) is 2.21. The average molecular weight is 305 g/mol. The van der Waals surface area contributed by atoms with Crippen molar-refractivity contribution >= 4 is 15.9 Å². The zero-order valence-corrected chi connectivity index (χ0v) is 11.6. The van der Waals surface area contributed by atoms with Crippen molar-refractivity contribution in [3.05, 3.63) is 34.1 Å². The van der Waals surface area contributed by atoms with Crippen LogP contribution in [0.1, 0.15) is 18.5 Å². The number of benzene rings is 1. The molecule has 0 radical (unpaired) electrons. The van der Waals surface area contributed by atoms with Gasteiger partial charge in [-0.05, 0) is 40.5 Å². The number of rotatable bonds is 6. The maximum atomic E-state index is 13.4. The molecule has 1 aromatic rings. The largest absolute Gasteiger partial charge is 0.380 e. The van der Waals surface area contributed by atoms with E-state index in [0.717, 1.165) is 5.56 Å². The molecule has 0 bridgehead atoms. The maximum Gasteiger partial charge on any atom is 0.137 e. The van der Waals surface area contributed by atoms with E-state index >= 15 is 0 Å². The van der Waals surface area contributed by atoms with Gasteiger partial charge in [-0.15, -0.1) is 0 Å². The SMILES string of the molecule is COC(C)CNC(CN)c1ccc(Br)c(F)c1. The van der Waals surface area contributed by atoms with E-state index in [1.807, 2.05) is 13.0 Å². The van der Waals surface area contributed by atoms with Crippen molar-refractivity contribution in [2.45, 2.75) is 19.1 Å². The highest BCUT2D eigenvalue weighted by Gasteiger charge is 2.12. The zero-order valence-electron chi connectivity index (χ0n) is 10.0. The minimum absolute atomic E-state index is 0.0600. The van der Waals surface area contributed by atoms with Crippen LogP contribution in [-0.4, -0.2) is 26.3 Å². The lowest BCUT2D eigenvalue weighted by molar-refractivity contribution is 0.114. The number of hydrogen-bond acceptors (Lipinski definition) is 3. The Morgan fingerprint density at radius 2 is 2.24 bits per heavy atom. The van der Waals surface area contributed by atoms with Gasteiger partial charge in [0, 0.05) is 26.2 Å². The summed E-state index contributed by atoms with van der Waals surface area (Å²) in [6.45, 7) is 3.05. The van der Waals surface area contributed by atoms with E-state index in [9.17, 15) is 4.39 Å². The minimum Gasteiger partial charge on any atom is -0.380 e. The monoisotopic (exact) mass is 304 g/mol. The van der Waals surface area contributed by atoms with Gasteiger partial charge in [-0.2, -0.15) is 0 Å². The fourth-order valence-corrected chi connectivity index (χ4v) is 1.70. The van der Waals surface area contributed by atoms with E-state index in [2.05, 4.69) is 21.2 Å². The Balaban J connectivity index is 2.69. The second-order valence-corrected chi connectivity index (χ2v) is 4.77. The molecule has 0 aliphatic carbocycles. The molecule has 96 valence electrons. The normalized spacial score (nSPS) is 14.6. The van der Waals surface area contributed by atoms with Gasteiger partial charge in [0.1, 0.15) is 5.82 Å². The fraction of sp³-hybridized carbons (Fsp3) is 0.500. The second-order valence-electron chi connectivity index (χ2n) is 3.92. The quantitative estimate of drug-likeness (QED) is 0.847. The first-order valence-corrected chi connectivity index (χ1v) is 6.29. The minimum atomic E-state index is -0.275. The highest BCUT2D eigenvalue weighted by Crippen LogP contribution is 2.20. The first-order valence-electron chi connectivity index (χ1n) is 5.49. The molecule has 17 heavy (non-hydrogen) atoms. The molecule has 0 aromatic heterocycles. The zero-order chi connectivity index (χ0) is 12.8. The Hall–Kier alpha value is -0.490. The molecule has 0 saturated heterocycles. The predicted molar refractivity (Wildman–Crippen MR) is 70.4 cm³/mol. The molecule has 0 saturated carbocycles. The lowest BCUT2D eigenvalue weighted by atomic mass is 10.1. The summed E-state index contributed by atoms with van der Waals surface area (Å²) in [6, 6.07) is 4.98. The summed E-state index contributed by atoms with van der Waals surface area (Å²) in [4.78, 5) is 0. The van der Waals surface area contributed by atoms with Gasteiger partial charge in [-0.3, -0.25) is 0 Å². The van der Waals surface area contributed by atoms with E-state index in [-0.39, 0.29) is 18.0 Å². The van der Waals surface area contributed by atoms with Gasteiger partial charge in [0.2, 0.25) is 0 Å². The Kier molecular flexibility index (Phi) is 6.05. The van der Waals surface area contributed by atoms with E-state index < -0.39 is 0 Å². The van der Waals surface area contributed by atoms with Gasteiger partial charge >= 0.3 is 0 Å². The summed E-state index contributed by atoms with van der Waals surface area (Å²) in [7, 11) is 1.66. The van der Waals surface area contributed by atoms with Crippen molar-refractivity contribution < 1.29 is 9.13 Å². The summed E-state index contributed by atoms with van der Waals surface area (Å²) in [5, 5.41) is 3.25. The van der Waals surface area contributed by atoms with Crippen LogP contribution in [0.5, 0.6) is 0 Å². The highest BCUT2D eigenvalue weighted by atomic mass is 79.9. The number of methoxy groups -OCH3 is 1. The molecule has 0 aliphatic heterocycles. The Morgan fingerprint density at radius 1 is 1.53 bits per heavy atom. The van der Waals surface area contributed by atoms with Crippen LogP contribution in [0.3, 0.4) is 0 Å². The van der Waals surface area contributed by atoms with Crippen LogP contribution in [0.15, 0.2) is 22.7 Å². The summed E-state index contributed by atoms with van der Waals surface area (Å²) in [6.07, 6.45) is 0.101. The van der Waals surface area contributed by atoms with E-state index in [1.165, 1.54) is 6.07 Å². The third kappa shape index (κ3) is 4.35. The number of halogens is 2. The van der Waals surface area contributed by atoms with E-state index in [4.69, 9.17) is 10.5 Å². The van der Waals surface area contributed by atoms with Crippen LogP contribution < -0.4 is 11.1 Å². The molecular formula is C12H18BrFN2O. The molecule has 0 amide bonds. The van der Waals surface area contributed by atoms with Crippen LogP contribution in [0.25, 0.3) is 0 Å². The number of ether oxygens (including phenoxy) is 1. The maximum absolute atomic E-state index is 13.4. The summed E-state index contributed by atoms with van der Waals surface area (Å²) in [5.41, 5.74) is 6.53. The van der Waals surface area contributed by atoms with Gasteiger partial charge in [-0.25, -0.2) is 4.39 Å². The Bertz CT molecular complexity index is 362. The molecule has 3 nitrogen and oxygen atoms in total. The molecule has 2 atom stereocenters. The van der Waals surface area contributed by atoms with Crippen LogP contribution in [0.4, 0.5) is 4.39 Å². The molecule has 0 aliphatic rings. The molecule has 0 heterocycles. The number of nitrogens with one attached hydrogen (secondary N) is 1. The third-order valence-electron chi connectivity index (χ3n) is 2.64. The molecule has 0 fully saturated rings. The molecule has 5 heteroatoms. The van der Waals surface area contributed by atoms with Gasteiger partial charge in [-0.1, -0.05) is 6.07 Å². The van der Waals surface area contributed by atoms with Crippen molar-refractivity contribution in [2.75, 3.05) is 20.2 Å². The summed E-state index contributed by atoms with van der Waals surface area (Å²) < 4.78 is 19.0. The van der Waals surface area contributed by atoms with Crippen molar-refractivity contribution in [1.29, 1.82) is 0 Å². The van der Waals surface area contributed by atoms with Crippen molar-refractivity contribution in [3.8, 4) is 0 Å². The molecule has 3 N–H and O–H groups in total. The van der Waals surface area contributed by atoms with Crippen LogP contribution in [0.2, 0.25) is 0 Å². The van der Waals surface area contributed by atoms with Gasteiger partial charge in [0.05, 0.1) is 10.6 Å². The molecular weight excluding hydrogens is 287 g/mol. The van der Waals surface area contributed by atoms with E-state index in [1.54, 1.807) is 13.2 Å². The lowest BCUT2D eigenvalue weighted by Gasteiger charge is -2.20. The number of hydrogen-bond donors (Lipinski definition) is 2. The van der Waals surface area contributed by atoms with Crippen molar-refractivity contribution in [2.24, 2.45) is 5.73 Å². The smallest absolute Gasteiger partial charge is 0.137 e. The summed E-state index contributed by atoms with van der Waals surface area (Å²) >= 11 is 3.13. The average Bonchev–Trinajstić information content (AvgIpc) is 2.33. The first kappa shape index (κ1) is 14.6. The Labute approximate surface area is 110 Å². The lowest BCUT2D eigenvalue weighted by Crippen LogP contribution is -2.34. The summed E-state index contributed by atoms with van der Waals surface area (Å²) in [5.74, 6) is -0.275. The molecule has 1 aromatic carbocycles. The third-order valence-corrected chi connectivity index (χ3v) is 3.28. The molecule has 0 spiro atoms. The standard InChI is InChI=1S/C12H18BrFN2O/c1-8(17-2)7-16-12(6-15)9-3-4-10(13)11(14)5-9/h3-5,8,12,16H,6-7,15H2,1-2H3. The van der Waals surface area contributed by atoms with E-state index in [0.29, 0.717) is 17.6 Å². The van der Waals surface area contributed by atoms with Gasteiger partial charge in [0.25, 0.3) is 0 Å². The van der Waals surface area contributed by atoms with Crippen LogP contribution in [0, 0.1) is 5.82 Å². The number of nitrogens with two attached hydrogens (primary N) is 1. The highest BCUT2D eigenvalue weighted by molar-refractivity contribution is 9.10. The van der Waals surface area contributed by atoms with Crippen molar-refractivity contribution in [3.63, 3.8) is 0 Å². The second kappa shape index (κ2) is 7.06. The fourth-order valence-electron chi connectivity index (χ4n) is 1.46. The van der Waals surface area contributed by atoms with Crippen LogP contribution >= 0.6 is 15.9 Å². The molecule has 2 unspecified atom stereocenters. The van der Waals surface area contributed by atoms with Gasteiger partial charge in [0.15, 0.2) is 0 Å². The van der Waals surface area contributed by atoms with Gasteiger partial charge < -0.3 is 15.8 Å². The molecule has 1 rings (SSSR count). The first-order chi connectivity index (χ1) is 8.08. The van der Waals surface area contributed by atoms with Crippen LogP contribution in [-0.2, 0) is 4.74 Å². The van der Waals surface area contributed by atoms with Crippen molar-refractivity contribution in [1.82, 2.24) is 5.32 Å².